The maximum absolute atomic E-state index is 11.8. The molecule has 3 aromatic rings. The van der Waals surface area contributed by atoms with Crippen molar-refractivity contribution in [3.8, 4) is 0 Å². The van der Waals surface area contributed by atoms with Gasteiger partial charge in [0.2, 0.25) is 5.95 Å². The summed E-state index contributed by atoms with van der Waals surface area (Å²) in [5.74, 6) is 1.46. The van der Waals surface area contributed by atoms with Gasteiger partial charge in [-0.3, -0.25) is 4.40 Å². The Labute approximate surface area is 251 Å². The Kier molecular flexibility index (Phi) is 8.97. The number of nitrogens with two attached hydrogens (primary N) is 1. The molecule has 2 N–H and O–H groups in total. The van der Waals surface area contributed by atoms with Crippen LogP contribution >= 0.6 is 50.4 Å². The lowest BCUT2D eigenvalue weighted by Gasteiger charge is -2.41. The van der Waals surface area contributed by atoms with Crippen molar-refractivity contribution in [3.63, 3.8) is 0 Å². The molecule has 0 amide bonds. The van der Waals surface area contributed by atoms with Crippen LogP contribution in [-0.2, 0) is 14.6 Å². The van der Waals surface area contributed by atoms with Crippen molar-refractivity contribution in [1.29, 1.82) is 0 Å². The molecule has 2 atom stereocenters. The van der Waals surface area contributed by atoms with Gasteiger partial charge in [0.05, 0.1) is 27.9 Å². The summed E-state index contributed by atoms with van der Waals surface area (Å²) in [7, 11) is -3.08. The molecule has 0 unspecified atom stereocenters. The van der Waals surface area contributed by atoms with Crippen molar-refractivity contribution in [1.82, 2.24) is 19.4 Å². The second-order valence-corrected chi connectivity index (χ2v) is 14.1. The van der Waals surface area contributed by atoms with E-state index in [4.69, 9.17) is 27.1 Å². The number of aromatic nitrogens is 4. The molecule has 39 heavy (non-hydrogen) atoms. The maximum Gasteiger partial charge on any atom is 0.211 e. The third kappa shape index (κ3) is 5.45. The van der Waals surface area contributed by atoms with E-state index in [0.29, 0.717) is 23.9 Å². The summed E-state index contributed by atoms with van der Waals surface area (Å²) in [6.07, 6.45) is 10.6. The van der Waals surface area contributed by atoms with Crippen molar-refractivity contribution in [2.24, 2.45) is 11.1 Å². The highest BCUT2D eigenvalue weighted by molar-refractivity contribution is 7.99. The van der Waals surface area contributed by atoms with E-state index in [0.717, 1.165) is 53.9 Å². The van der Waals surface area contributed by atoms with Crippen molar-refractivity contribution >= 4 is 77.6 Å². The van der Waals surface area contributed by atoms with Crippen LogP contribution < -0.4 is 15.5 Å². The van der Waals surface area contributed by atoms with E-state index < -0.39 is 9.84 Å². The number of imidazole rings is 1. The molecule has 0 radical (unpaired) electrons. The first-order valence-corrected chi connectivity index (χ1v) is 15.5. The highest BCUT2D eigenvalue weighted by Crippen LogP contribution is 2.43. The van der Waals surface area contributed by atoms with Crippen LogP contribution in [0.5, 0.6) is 0 Å². The number of sulfone groups is 1. The van der Waals surface area contributed by atoms with Crippen LogP contribution in [0, 0.1) is 5.41 Å². The Hall–Kier alpha value is -1.42. The molecule has 214 valence electrons. The standard InChI is InChI=1S/C24H30ClN7O3S2.2H2S/c1-15-20(26)24(14-35-15)4-8-30(9-5-24)23-29-11-18(21-28-7-10-32(21)23)36-17-3-6-27-22(19(17)25)31-12-16(13-31)37(2,33)34;;/h3,6-7,10-11,15-16,20H,4-5,8-9,12-14,26H2,1-2H3;2*1H2/t15-,20+;;/m0../s1. The lowest BCUT2D eigenvalue weighted by atomic mass is 9.73. The molecule has 3 aromatic heterocycles. The fraction of sp³-hybridized carbons (Fsp3) is 0.542. The summed E-state index contributed by atoms with van der Waals surface area (Å²) in [4.78, 5) is 19.7. The van der Waals surface area contributed by atoms with Gasteiger partial charge in [-0.15, -0.1) is 0 Å². The number of fused-ring (bicyclic) bond motifs is 1. The molecule has 10 nitrogen and oxygen atoms in total. The van der Waals surface area contributed by atoms with Gasteiger partial charge in [-0.25, -0.2) is 23.4 Å². The molecule has 0 aliphatic carbocycles. The van der Waals surface area contributed by atoms with E-state index in [1.807, 2.05) is 27.8 Å². The van der Waals surface area contributed by atoms with Gasteiger partial charge in [0.1, 0.15) is 5.82 Å². The molecule has 3 aliphatic heterocycles. The average Bonchev–Trinajstić information content (AvgIpc) is 3.43. The molecule has 3 fully saturated rings. The van der Waals surface area contributed by atoms with E-state index in [-0.39, 0.29) is 49.8 Å². The van der Waals surface area contributed by atoms with Crippen molar-refractivity contribution in [2.75, 3.05) is 48.8 Å². The monoisotopic (exact) mass is 631 g/mol. The smallest absolute Gasteiger partial charge is 0.211 e. The highest BCUT2D eigenvalue weighted by Gasteiger charge is 2.47. The zero-order valence-electron chi connectivity index (χ0n) is 21.7. The zero-order chi connectivity index (χ0) is 25.9. The molecule has 6 heterocycles. The number of nitrogens with zero attached hydrogens (tertiary/aromatic N) is 6. The second-order valence-electron chi connectivity index (χ2n) is 10.3. The summed E-state index contributed by atoms with van der Waals surface area (Å²) in [6, 6.07) is 1.92. The largest absolute Gasteiger partial charge is 0.376 e. The Bertz CT molecular complexity index is 1440. The van der Waals surface area contributed by atoms with Gasteiger partial charge in [0.15, 0.2) is 15.5 Å². The lowest BCUT2D eigenvalue weighted by molar-refractivity contribution is 0.0973. The molecule has 15 heteroatoms. The van der Waals surface area contributed by atoms with E-state index >= 15 is 0 Å². The lowest BCUT2D eigenvalue weighted by Crippen LogP contribution is -2.55. The molecule has 6 rings (SSSR count). The Morgan fingerprint density at radius 1 is 1.10 bits per heavy atom. The number of anilines is 2. The topological polar surface area (TPSA) is 119 Å². The van der Waals surface area contributed by atoms with E-state index in [2.05, 4.69) is 21.8 Å². The molecular formula is C24H34ClN7O3S4. The molecule has 0 bridgehead atoms. The third-order valence-electron chi connectivity index (χ3n) is 8.07. The van der Waals surface area contributed by atoms with Crippen LogP contribution in [0.1, 0.15) is 19.8 Å². The van der Waals surface area contributed by atoms with Crippen molar-refractivity contribution in [3.05, 3.63) is 35.9 Å². The summed E-state index contributed by atoms with van der Waals surface area (Å²) in [6.45, 7) is 5.31. The first kappa shape index (κ1) is 30.5. The van der Waals surface area contributed by atoms with Crippen LogP contribution in [0.2, 0.25) is 5.02 Å². The molecule has 3 saturated heterocycles. The Morgan fingerprint density at radius 2 is 1.82 bits per heavy atom. The van der Waals surface area contributed by atoms with E-state index in [9.17, 15) is 8.42 Å². The number of hydrogen-bond acceptors (Lipinski definition) is 10. The third-order valence-corrected chi connectivity index (χ3v) is 11.1. The Morgan fingerprint density at radius 3 is 2.46 bits per heavy atom. The minimum absolute atomic E-state index is 0. The van der Waals surface area contributed by atoms with Crippen molar-refractivity contribution in [2.45, 2.75) is 47.0 Å². The predicted octanol–water partition coefficient (Wildman–Crippen LogP) is 2.72. The van der Waals surface area contributed by atoms with Crippen LogP contribution in [-0.4, -0.2) is 84.2 Å². The van der Waals surface area contributed by atoms with Gasteiger partial charge in [-0.05, 0) is 25.8 Å². The quantitative estimate of drug-likeness (QED) is 0.450. The minimum Gasteiger partial charge on any atom is -0.376 e. The van der Waals surface area contributed by atoms with E-state index in [1.165, 1.54) is 18.0 Å². The summed E-state index contributed by atoms with van der Waals surface area (Å²) < 4.78 is 31.5. The summed E-state index contributed by atoms with van der Waals surface area (Å²) in [5.41, 5.74) is 7.35. The first-order chi connectivity index (χ1) is 17.7. The fourth-order valence-corrected chi connectivity index (χ4v) is 7.67. The zero-order valence-corrected chi connectivity index (χ0v) is 26.1. The summed E-state index contributed by atoms with van der Waals surface area (Å²) in [5, 5.41) is 0.117. The number of halogens is 1. The van der Waals surface area contributed by atoms with Crippen molar-refractivity contribution < 1.29 is 13.2 Å². The number of ether oxygens (including phenoxy) is 1. The number of hydrogen-bond donors (Lipinski definition) is 1. The highest BCUT2D eigenvalue weighted by atomic mass is 35.5. The number of piperidine rings is 1. The van der Waals surface area contributed by atoms with Gasteiger partial charge in [0, 0.05) is 73.6 Å². The average molecular weight is 632 g/mol. The minimum atomic E-state index is -3.08. The van der Waals surface area contributed by atoms with Gasteiger partial charge in [-0.1, -0.05) is 23.4 Å². The van der Waals surface area contributed by atoms with Gasteiger partial charge < -0.3 is 20.3 Å². The van der Waals surface area contributed by atoms with Crippen LogP contribution in [0.15, 0.2) is 40.6 Å². The molecule has 0 saturated carbocycles. The summed E-state index contributed by atoms with van der Waals surface area (Å²) >= 11 is 8.21. The number of rotatable bonds is 5. The predicted molar refractivity (Wildman–Crippen MR) is 165 cm³/mol. The second kappa shape index (κ2) is 11.5. The molecule has 0 aromatic carbocycles. The van der Waals surface area contributed by atoms with Crippen LogP contribution in [0.4, 0.5) is 11.8 Å². The molecule has 3 aliphatic rings. The van der Waals surface area contributed by atoms with Gasteiger partial charge in [-0.2, -0.15) is 27.0 Å². The van der Waals surface area contributed by atoms with Gasteiger partial charge >= 0.3 is 0 Å². The van der Waals surface area contributed by atoms with Crippen LogP contribution in [0.3, 0.4) is 0 Å². The Balaban J connectivity index is 0.00000176. The van der Waals surface area contributed by atoms with Gasteiger partial charge in [0.25, 0.3) is 0 Å². The molecule has 1 spiro atoms. The maximum atomic E-state index is 11.8. The SMILES string of the molecule is C[C@@H]1OCC2(CCN(c3ncc(Sc4ccnc(N5CC(S(C)(=O)=O)C5)c4Cl)c4nccn34)CC2)[C@@H]1N.S.S. The first-order valence-electron chi connectivity index (χ1n) is 12.4. The fourth-order valence-electron chi connectivity index (χ4n) is 5.53. The van der Waals surface area contributed by atoms with E-state index in [1.54, 1.807) is 12.4 Å². The van der Waals surface area contributed by atoms with Crippen LogP contribution in [0.25, 0.3) is 5.65 Å². The molecular weight excluding hydrogens is 598 g/mol. The normalized spacial score (nSPS) is 23.0. The number of pyridine rings is 1.